The molecule has 2 rings (SSSR count). The maximum atomic E-state index is 12.5. The van der Waals surface area contributed by atoms with Crippen LogP contribution in [-0.4, -0.2) is 29.8 Å². The fourth-order valence-electron chi connectivity index (χ4n) is 1.66. The van der Waals surface area contributed by atoms with Crippen molar-refractivity contribution in [3.05, 3.63) is 59.4 Å². The summed E-state index contributed by atoms with van der Waals surface area (Å²) in [5, 5.41) is 0. The summed E-state index contributed by atoms with van der Waals surface area (Å²) in [5.74, 6) is 0.891. The maximum absolute atomic E-state index is 12.5. The fraction of sp³-hybridized carbons (Fsp3) is 0.154. The van der Waals surface area contributed by atoms with Gasteiger partial charge in [0.25, 0.3) is 0 Å². The summed E-state index contributed by atoms with van der Waals surface area (Å²) in [6.45, 7) is -0.522. The molecule has 1 aromatic carbocycles. The van der Waals surface area contributed by atoms with Crippen LogP contribution in [0.2, 0.25) is 0 Å². The Hall–Kier alpha value is -1.03. The normalized spacial score (nSPS) is 10.2. The molecule has 0 aliphatic carbocycles. The van der Waals surface area contributed by atoms with Crippen LogP contribution < -0.4 is 2.85 Å². The zero-order valence-corrected chi connectivity index (χ0v) is 12.6. The van der Waals surface area contributed by atoms with Gasteiger partial charge in [-0.25, -0.2) is 0 Å². The molecule has 0 saturated heterocycles. The van der Waals surface area contributed by atoms with Gasteiger partial charge in [0.15, 0.2) is 0 Å². The quantitative estimate of drug-likeness (QED) is 0.859. The van der Waals surface area contributed by atoms with Gasteiger partial charge in [0.1, 0.15) is 0 Å². The number of pyridine rings is 1. The Labute approximate surface area is 115 Å². The van der Waals surface area contributed by atoms with Gasteiger partial charge in [0.2, 0.25) is 0 Å². The van der Waals surface area contributed by atoms with E-state index in [0.29, 0.717) is 12.1 Å². The Morgan fingerprint density at radius 2 is 1.82 bits per heavy atom. The van der Waals surface area contributed by atoms with Crippen molar-refractivity contribution in [2.24, 2.45) is 0 Å². The molecule has 2 radical (unpaired) electrons. The molecule has 0 saturated carbocycles. The summed E-state index contributed by atoms with van der Waals surface area (Å²) in [6, 6.07) is 13.3. The molecule has 0 unspecified atom stereocenters. The van der Waals surface area contributed by atoms with Crippen LogP contribution in [-0.2, 0) is 13.1 Å². The molecule has 0 aliphatic rings. The van der Waals surface area contributed by atoms with E-state index in [0.717, 1.165) is 41.8 Å². The molecule has 0 spiro atoms. The third-order valence-electron chi connectivity index (χ3n) is 2.47. The van der Waals surface area contributed by atoms with E-state index in [9.17, 15) is 4.39 Å². The fourth-order valence-corrected chi connectivity index (χ4v) is 2.32. The number of alkyl halides is 1. The van der Waals surface area contributed by atoms with Crippen LogP contribution in [0.5, 0.6) is 5.75 Å². The molecular weight excluding hydrogens is 320 g/mol. The number of nitrogens with zero attached hydrogens (tertiary/aromatic N) is 1. The summed E-state index contributed by atoms with van der Waals surface area (Å²) < 4.78 is 17.9. The average Bonchev–Trinajstić information content (AvgIpc) is 2.39. The van der Waals surface area contributed by atoms with Gasteiger partial charge in [-0.15, -0.1) is 0 Å². The Kier molecular flexibility index (Phi) is 4.42. The molecule has 0 aliphatic heterocycles. The molecule has 2 aromatic rings. The van der Waals surface area contributed by atoms with Gasteiger partial charge in [0.05, 0.1) is 0 Å². The van der Waals surface area contributed by atoms with Crippen LogP contribution in [0.1, 0.15) is 17.0 Å². The first-order valence-electron chi connectivity index (χ1n) is 5.29. The van der Waals surface area contributed by atoms with Crippen molar-refractivity contribution in [1.82, 2.24) is 4.98 Å². The van der Waals surface area contributed by atoms with Crippen molar-refractivity contribution in [1.29, 1.82) is 0 Å². The number of aromatic nitrogens is 1. The Balaban J connectivity index is 2.24. The van der Waals surface area contributed by atoms with Crippen LogP contribution in [0.25, 0.3) is 0 Å². The topological polar surface area (TPSA) is 22.1 Å². The summed E-state index contributed by atoms with van der Waals surface area (Å²) >= 11 is 0.724. The molecule has 1 heterocycles. The van der Waals surface area contributed by atoms with Crippen LogP contribution in [0.4, 0.5) is 4.39 Å². The zero-order valence-electron chi connectivity index (χ0n) is 9.27. The molecule has 0 N–H and O–H groups in total. The van der Waals surface area contributed by atoms with E-state index in [1.807, 2.05) is 36.4 Å². The van der Waals surface area contributed by atoms with E-state index >= 15 is 0 Å². The summed E-state index contributed by atoms with van der Waals surface area (Å²) in [6.07, 6.45) is 0.671. The van der Waals surface area contributed by atoms with E-state index in [1.165, 1.54) is 0 Å². The summed E-state index contributed by atoms with van der Waals surface area (Å²) in [4.78, 5) is 4.24. The van der Waals surface area contributed by atoms with Crippen LogP contribution in [0.15, 0.2) is 42.5 Å². The van der Waals surface area contributed by atoms with E-state index in [1.54, 1.807) is 6.07 Å². The number of hydrogen-bond acceptors (Lipinski definition) is 2. The molecule has 4 heteroatoms. The monoisotopic (exact) mass is 331 g/mol. The minimum atomic E-state index is -0.522. The van der Waals surface area contributed by atoms with Crippen molar-refractivity contribution in [3.63, 3.8) is 0 Å². The molecule has 84 valence electrons. The summed E-state index contributed by atoms with van der Waals surface area (Å²) in [5.41, 5.74) is 2.43. The Bertz CT molecular complexity index is 504. The number of para-hydroxylation sites is 1. The summed E-state index contributed by atoms with van der Waals surface area (Å²) in [7, 11) is 0. The number of hydrogen-bond donors (Lipinski definition) is 0. The number of rotatable bonds is 4. The van der Waals surface area contributed by atoms with Crippen LogP contribution >= 0.6 is 0 Å². The predicted molar refractivity (Wildman–Crippen MR) is 64.7 cm³/mol. The van der Waals surface area contributed by atoms with Crippen molar-refractivity contribution in [2.45, 2.75) is 13.1 Å². The molecule has 0 bridgehead atoms. The number of benzene rings is 1. The first-order valence-corrected chi connectivity index (χ1v) is 6.63. The third-order valence-corrected chi connectivity index (χ3v) is 3.20. The van der Waals surface area contributed by atoms with Gasteiger partial charge in [-0.05, 0) is 0 Å². The van der Waals surface area contributed by atoms with Crippen molar-refractivity contribution in [2.75, 3.05) is 0 Å². The van der Waals surface area contributed by atoms with Gasteiger partial charge < -0.3 is 0 Å². The zero-order chi connectivity index (χ0) is 12.1. The molecular formula is C13H11FInNO. The molecule has 17 heavy (non-hydrogen) atoms. The van der Waals surface area contributed by atoms with E-state index in [2.05, 4.69) is 4.98 Å². The van der Waals surface area contributed by atoms with Gasteiger partial charge in [-0.2, -0.15) is 0 Å². The predicted octanol–water partition coefficient (Wildman–Crippen LogP) is 2.60. The van der Waals surface area contributed by atoms with Crippen molar-refractivity contribution in [3.8, 4) is 5.75 Å². The van der Waals surface area contributed by atoms with Gasteiger partial charge in [-0.1, -0.05) is 0 Å². The second kappa shape index (κ2) is 6.05. The Morgan fingerprint density at radius 3 is 2.59 bits per heavy atom. The third kappa shape index (κ3) is 3.22. The molecule has 0 atom stereocenters. The SMILES string of the molecule is FCc1cccc(Cc2ccccc2[O][In])n1. The standard InChI is InChI=1S/C13H12FNO.In/c14-9-12-6-3-5-11(15-12)8-10-4-1-2-7-13(10)16;/h1-7,16H,8-9H2;/q;+1/p-1. The Morgan fingerprint density at radius 1 is 1.06 bits per heavy atom. The average molecular weight is 331 g/mol. The number of halogens is 1. The minimum absolute atomic E-state index is 0.478. The van der Waals surface area contributed by atoms with E-state index in [-0.39, 0.29) is 0 Å². The molecule has 0 amide bonds. The van der Waals surface area contributed by atoms with Crippen molar-refractivity contribution >= 4 is 24.8 Å². The van der Waals surface area contributed by atoms with E-state index < -0.39 is 6.67 Å². The molecule has 2 nitrogen and oxygen atoms in total. The second-order valence-electron chi connectivity index (χ2n) is 3.66. The van der Waals surface area contributed by atoms with Crippen LogP contribution in [0, 0.1) is 0 Å². The second-order valence-corrected chi connectivity index (χ2v) is 4.33. The van der Waals surface area contributed by atoms with Gasteiger partial charge in [0, 0.05) is 0 Å². The molecule has 0 fully saturated rings. The van der Waals surface area contributed by atoms with E-state index in [4.69, 9.17) is 2.85 Å². The van der Waals surface area contributed by atoms with Crippen molar-refractivity contribution < 1.29 is 7.24 Å². The van der Waals surface area contributed by atoms with Crippen LogP contribution in [0.3, 0.4) is 0 Å². The van der Waals surface area contributed by atoms with Gasteiger partial charge >= 0.3 is 115 Å². The first kappa shape index (κ1) is 12.4. The molecule has 1 aromatic heterocycles. The first-order chi connectivity index (χ1) is 8.33. The van der Waals surface area contributed by atoms with Gasteiger partial charge in [-0.3, -0.25) is 0 Å².